The van der Waals surface area contributed by atoms with Gasteiger partial charge in [0.05, 0.1) is 7.11 Å². The minimum atomic E-state index is -0.214. The number of Topliss-reactive ketones (excluding diaryl/α,β-unsaturated/α-hetero) is 1. The smallest absolute Gasteiger partial charge is 0.243 e. The summed E-state index contributed by atoms with van der Waals surface area (Å²) in [6.07, 6.45) is 3.81. The molecular formula is C10H14N2O3. The molecule has 0 atom stereocenters. The maximum atomic E-state index is 11.6. The summed E-state index contributed by atoms with van der Waals surface area (Å²) >= 11 is 0. The van der Waals surface area contributed by atoms with Crippen molar-refractivity contribution < 1.29 is 14.3 Å². The maximum absolute atomic E-state index is 11.6. The topological polar surface area (TPSA) is 61.3 Å². The Labute approximate surface area is 88.4 Å². The Hall–Kier alpha value is -1.49. The van der Waals surface area contributed by atoms with Crippen molar-refractivity contribution in [2.45, 2.75) is 13.3 Å². The van der Waals surface area contributed by atoms with Gasteiger partial charge in [-0.3, -0.25) is 4.79 Å². The number of hydrogen-bond donors (Lipinski definition) is 0. The number of nitrogens with zero attached hydrogens (tertiary/aromatic N) is 2. The summed E-state index contributed by atoms with van der Waals surface area (Å²) in [4.78, 5) is 19.4. The highest BCUT2D eigenvalue weighted by atomic mass is 16.5. The molecule has 5 heteroatoms. The minimum Gasteiger partial charge on any atom is -0.479 e. The molecule has 1 heterocycles. The first kappa shape index (κ1) is 11.6. The Kier molecular flexibility index (Phi) is 4.70. The van der Waals surface area contributed by atoms with Crippen LogP contribution in [0.25, 0.3) is 0 Å². The van der Waals surface area contributed by atoms with Crippen LogP contribution in [0.1, 0.15) is 23.8 Å². The van der Waals surface area contributed by atoms with E-state index in [1.165, 1.54) is 19.5 Å². The molecule has 0 N–H and O–H groups in total. The van der Waals surface area contributed by atoms with E-state index in [1.807, 2.05) is 6.92 Å². The molecule has 0 amide bonds. The van der Waals surface area contributed by atoms with E-state index in [2.05, 4.69) is 9.97 Å². The summed E-state index contributed by atoms with van der Waals surface area (Å²) in [6, 6.07) is 0. The van der Waals surface area contributed by atoms with Crippen molar-refractivity contribution in [3.63, 3.8) is 0 Å². The van der Waals surface area contributed by atoms with Gasteiger partial charge in [0, 0.05) is 19.0 Å². The van der Waals surface area contributed by atoms with Crippen LogP contribution in [0.4, 0.5) is 0 Å². The van der Waals surface area contributed by atoms with E-state index >= 15 is 0 Å². The number of methoxy groups -OCH3 is 1. The first-order valence-corrected chi connectivity index (χ1v) is 4.75. The lowest BCUT2D eigenvalue weighted by molar-refractivity contribution is 0.0752. The maximum Gasteiger partial charge on any atom is 0.243 e. The highest BCUT2D eigenvalue weighted by Gasteiger charge is 2.14. The SMILES string of the molecule is CCCOCC(=O)c1nccnc1OC. The fourth-order valence-electron chi connectivity index (χ4n) is 1.04. The zero-order chi connectivity index (χ0) is 11.1. The van der Waals surface area contributed by atoms with E-state index in [0.717, 1.165) is 6.42 Å². The van der Waals surface area contributed by atoms with Crippen LogP contribution >= 0.6 is 0 Å². The number of carbonyl (C=O) groups is 1. The van der Waals surface area contributed by atoms with Gasteiger partial charge in [0.1, 0.15) is 6.61 Å². The second kappa shape index (κ2) is 6.08. The Balaban J connectivity index is 2.64. The second-order valence-corrected chi connectivity index (χ2v) is 2.89. The van der Waals surface area contributed by atoms with E-state index in [1.54, 1.807) is 0 Å². The molecule has 1 aromatic heterocycles. The Morgan fingerprint density at radius 1 is 1.40 bits per heavy atom. The zero-order valence-electron chi connectivity index (χ0n) is 8.90. The lowest BCUT2D eigenvalue weighted by atomic mass is 10.3. The van der Waals surface area contributed by atoms with Crippen LogP contribution in [-0.2, 0) is 4.74 Å². The summed E-state index contributed by atoms with van der Waals surface area (Å²) in [5, 5.41) is 0. The Morgan fingerprint density at radius 2 is 2.13 bits per heavy atom. The van der Waals surface area contributed by atoms with Crippen LogP contribution < -0.4 is 4.74 Å². The summed E-state index contributed by atoms with van der Waals surface area (Å²) in [5.41, 5.74) is 0.219. The Bertz CT molecular complexity index is 328. The number of rotatable bonds is 6. The predicted molar refractivity (Wildman–Crippen MR) is 54.0 cm³/mol. The minimum absolute atomic E-state index is 0.0168. The number of ketones is 1. The third kappa shape index (κ3) is 3.28. The number of carbonyl (C=O) groups excluding carboxylic acids is 1. The molecule has 1 rings (SSSR count). The van der Waals surface area contributed by atoms with Gasteiger partial charge in [-0.15, -0.1) is 0 Å². The van der Waals surface area contributed by atoms with E-state index in [9.17, 15) is 4.79 Å². The molecule has 0 radical (unpaired) electrons. The summed E-state index contributed by atoms with van der Waals surface area (Å²) in [5.74, 6) is 0.0241. The van der Waals surface area contributed by atoms with Crippen LogP contribution in [-0.4, -0.2) is 36.1 Å². The average molecular weight is 210 g/mol. The van der Waals surface area contributed by atoms with Crippen molar-refractivity contribution in [1.29, 1.82) is 0 Å². The third-order valence-corrected chi connectivity index (χ3v) is 1.70. The molecule has 0 fully saturated rings. The first-order valence-electron chi connectivity index (χ1n) is 4.75. The van der Waals surface area contributed by atoms with Crippen molar-refractivity contribution in [2.75, 3.05) is 20.3 Å². The molecule has 0 spiro atoms. The summed E-state index contributed by atoms with van der Waals surface area (Å²) < 4.78 is 10.0. The Morgan fingerprint density at radius 3 is 2.80 bits per heavy atom. The van der Waals surface area contributed by atoms with Crippen molar-refractivity contribution in [1.82, 2.24) is 9.97 Å². The fraction of sp³-hybridized carbons (Fsp3) is 0.500. The second-order valence-electron chi connectivity index (χ2n) is 2.89. The number of ether oxygens (including phenoxy) is 2. The molecule has 0 bridgehead atoms. The third-order valence-electron chi connectivity index (χ3n) is 1.70. The van der Waals surface area contributed by atoms with Gasteiger partial charge < -0.3 is 9.47 Å². The van der Waals surface area contributed by atoms with Gasteiger partial charge in [0.2, 0.25) is 11.7 Å². The summed E-state index contributed by atoms with van der Waals surface area (Å²) in [7, 11) is 1.45. The molecule has 0 saturated carbocycles. The summed E-state index contributed by atoms with van der Waals surface area (Å²) in [6.45, 7) is 2.56. The van der Waals surface area contributed by atoms with Crippen LogP contribution in [0.2, 0.25) is 0 Å². The largest absolute Gasteiger partial charge is 0.479 e. The van der Waals surface area contributed by atoms with Gasteiger partial charge in [0.25, 0.3) is 0 Å². The lowest BCUT2D eigenvalue weighted by Crippen LogP contribution is -2.13. The van der Waals surface area contributed by atoms with E-state index in [0.29, 0.717) is 6.61 Å². The van der Waals surface area contributed by atoms with Gasteiger partial charge in [-0.05, 0) is 6.42 Å². The fourth-order valence-corrected chi connectivity index (χ4v) is 1.04. The zero-order valence-corrected chi connectivity index (χ0v) is 8.90. The molecule has 0 aromatic carbocycles. The average Bonchev–Trinajstić information content (AvgIpc) is 2.29. The van der Waals surface area contributed by atoms with Crippen molar-refractivity contribution in [3.8, 4) is 5.88 Å². The molecule has 82 valence electrons. The van der Waals surface area contributed by atoms with Crippen molar-refractivity contribution >= 4 is 5.78 Å². The van der Waals surface area contributed by atoms with Crippen LogP contribution in [0.3, 0.4) is 0 Å². The van der Waals surface area contributed by atoms with Gasteiger partial charge >= 0.3 is 0 Å². The highest BCUT2D eigenvalue weighted by molar-refractivity contribution is 5.97. The van der Waals surface area contributed by atoms with Crippen molar-refractivity contribution in [3.05, 3.63) is 18.1 Å². The predicted octanol–water partition coefficient (Wildman–Crippen LogP) is 1.09. The van der Waals surface area contributed by atoms with Crippen LogP contribution in [0.15, 0.2) is 12.4 Å². The van der Waals surface area contributed by atoms with Gasteiger partial charge in [-0.25, -0.2) is 9.97 Å². The first-order chi connectivity index (χ1) is 7.29. The van der Waals surface area contributed by atoms with Crippen LogP contribution in [0.5, 0.6) is 5.88 Å². The standard InChI is InChI=1S/C10H14N2O3/c1-3-6-15-7-8(13)9-10(14-2)12-5-4-11-9/h4-5H,3,6-7H2,1-2H3. The monoisotopic (exact) mass is 210 g/mol. The number of hydrogen-bond acceptors (Lipinski definition) is 5. The molecule has 0 unspecified atom stereocenters. The van der Waals surface area contributed by atoms with Crippen LogP contribution in [0, 0.1) is 0 Å². The van der Waals surface area contributed by atoms with Gasteiger partial charge in [-0.2, -0.15) is 0 Å². The molecule has 1 aromatic rings. The normalized spacial score (nSPS) is 10.0. The van der Waals surface area contributed by atoms with E-state index < -0.39 is 0 Å². The quantitative estimate of drug-likeness (QED) is 0.519. The molecule has 0 saturated heterocycles. The molecule has 0 aliphatic rings. The highest BCUT2D eigenvalue weighted by Crippen LogP contribution is 2.10. The lowest BCUT2D eigenvalue weighted by Gasteiger charge is -2.04. The van der Waals surface area contributed by atoms with Crippen molar-refractivity contribution in [2.24, 2.45) is 0 Å². The molecule has 0 aliphatic heterocycles. The molecule has 15 heavy (non-hydrogen) atoms. The van der Waals surface area contributed by atoms with Gasteiger partial charge in [0.15, 0.2) is 5.69 Å². The molecule has 0 aliphatic carbocycles. The number of aromatic nitrogens is 2. The molecular weight excluding hydrogens is 196 g/mol. The van der Waals surface area contributed by atoms with E-state index in [4.69, 9.17) is 9.47 Å². The van der Waals surface area contributed by atoms with Gasteiger partial charge in [-0.1, -0.05) is 6.92 Å². The van der Waals surface area contributed by atoms with E-state index in [-0.39, 0.29) is 24.0 Å². The molecule has 5 nitrogen and oxygen atoms in total.